The number of ether oxygens (including phenoxy) is 2. The van der Waals surface area contributed by atoms with Crippen LogP contribution in [0, 0.1) is 5.41 Å². The van der Waals surface area contributed by atoms with Crippen molar-refractivity contribution in [2.24, 2.45) is 5.41 Å². The zero-order chi connectivity index (χ0) is 25.2. The molecule has 0 N–H and O–H groups in total. The van der Waals surface area contributed by atoms with Gasteiger partial charge in [0.15, 0.2) is 10.9 Å². The van der Waals surface area contributed by atoms with Gasteiger partial charge in [-0.25, -0.2) is 9.97 Å². The van der Waals surface area contributed by atoms with Gasteiger partial charge in [-0.05, 0) is 12.3 Å². The topological polar surface area (TPSA) is 88.1 Å². The molecule has 11 heteroatoms. The van der Waals surface area contributed by atoms with E-state index in [2.05, 4.69) is 42.6 Å². The van der Waals surface area contributed by atoms with Crippen LogP contribution in [-0.4, -0.2) is 95.1 Å². The minimum atomic E-state index is -0.493. The maximum atomic E-state index is 12.8. The summed E-state index contributed by atoms with van der Waals surface area (Å²) in [6, 6.07) is 1.82. The molecule has 1 spiro atoms. The maximum absolute atomic E-state index is 12.8. The number of thioether (sulfide) groups is 1. The molecule has 4 rings (SSSR count). The number of aromatic nitrogens is 2. The molecule has 4 heterocycles. The molecule has 194 valence electrons. The van der Waals surface area contributed by atoms with Crippen molar-refractivity contribution in [3.63, 3.8) is 0 Å². The van der Waals surface area contributed by atoms with Crippen LogP contribution < -0.4 is 4.90 Å². The van der Waals surface area contributed by atoms with Crippen LogP contribution >= 0.6 is 23.4 Å². The number of anilines is 1. The third-order valence-corrected chi connectivity index (χ3v) is 7.66. The molecule has 0 aromatic carbocycles. The molecule has 0 bridgehead atoms. The molecule has 1 aromatic heterocycles. The smallest absolute Gasteiger partial charge is 0.233 e. The van der Waals surface area contributed by atoms with Gasteiger partial charge >= 0.3 is 0 Å². The first-order chi connectivity index (χ1) is 16.5. The SMILES string of the molecule is CC1CN(c2cc(Cl)nc(SCC(=O)N3CCC4(CC3)OCCO4)n2)CCN1C(=O)CC(C)(C)C. The Morgan fingerprint density at radius 2 is 1.80 bits per heavy atom. The highest BCUT2D eigenvalue weighted by atomic mass is 35.5. The normalized spacial score (nSPS) is 22.7. The van der Waals surface area contributed by atoms with Crippen LogP contribution in [0.5, 0.6) is 0 Å². The van der Waals surface area contributed by atoms with Gasteiger partial charge in [0.05, 0.1) is 19.0 Å². The number of rotatable bonds is 5. The summed E-state index contributed by atoms with van der Waals surface area (Å²) in [6.45, 7) is 12.8. The average Bonchev–Trinajstić information content (AvgIpc) is 3.24. The molecule has 1 aromatic rings. The Labute approximate surface area is 216 Å². The number of piperidine rings is 1. The fraction of sp³-hybridized carbons (Fsp3) is 0.750. The summed E-state index contributed by atoms with van der Waals surface area (Å²) in [5, 5.41) is 0.829. The quantitative estimate of drug-likeness (QED) is 0.329. The number of nitrogens with zero attached hydrogens (tertiary/aromatic N) is 5. The van der Waals surface area contributed by atoms with E-state index in [4.69, 9.17) is 21.1 Å². The van der Waals surface area contributed by atoms with Crippen LogP contribution in [0.2, 0.25) is 5.15 Å². The highest BCUT2D eigenvalue weighted by Crippen LogP contribution is 2.32. The Morgan fingerprint density at radius 3 is 2.43 bits per heavy atom. The third-order valence-electron chi connectivity index (χ3n) is 6.63. The van der Waals surface area contributed by atoms with Gasteiger partial charge in [0.1, 0.15) is 11.0 Å². The molecule has 3 fully saturated rings. The van der Waals surface area contributed by atoms with Crippen LogP contribution in [0.15, 0.2) is 11.2 Å². The van der Waals surface area contributed by atoms with Crippen molar-refractivity contribution in [3.8, 4) is 0 Å². The molecule has 2 amide bonds. The lowest BCUT2D eigenvalue weighted by Gasteiger charge is -2.41. The third kappa shape index (κ3) is 6.78. The predicted molar refractivity (Wildman–Crippen MR) is 136 cm³/mol. The van der Waals surface area contributed by atoms with E-state index in [1.54, 1.807) is 6.07 Å². The van der Waals surface area contributed by atoms with Gasteiger partial charge < -0.3 is 24.2 Å². The summed E-state index contributed by atoms with van der Waals surface area (Å²) in [7, 11) is 0. The van der Waals surface area contributed by atoms with Gasteiger partial charge in [-0.3, -0.25) is 9.59 Å². The van der Waals surface area contributed by atoms with Crippen LogP contribution in [0.25, 0.3) is 0 Å². The number of carbonyl (C=O) groups excluding carboxylic acids is 2. The van der Waals surface area contributed by atoms with E-state index in [-0.39, 0.29) is 29.0 Å². The maximum Gasteiger partial charge on any atom is 0.233 e. The number of piperazine rings is 1. The second kappa shape index (κ2) is 10.8. The Balaban J connectivity index is 1.31. The van der Waals surface area contributed by atoms with E-state index >= 15 is 0 Å². The Kier molecular flexibility index (Phi) is 8.15. The molecule has 0 saturated carbocycles. The van der Waals surface area contributed by atoms with Gasteiger partial charge in [0, 0.05) is 64.1 Å². The van der Waals surface area contributed by atoms with Gasteiger partial charge in [-0.2, -0.15) is 0 Å². The molecule has 1 atom stereocenters. The molecular weight excluding hydrogens is 490 g/mol. The van der Waals surface area contributed by atoms with Crippen molar-refractivity contribution >= 4 is 41.0 Å². The van der Waals surface area contributed by atoms with E-state index < -0.39 is 5.79 Å². The summed E-state index contributed by atoms with van der Waals surface area (Å²) in [4.78, 5) is 40.5. The van der Waals surface area contributed by atoms with E-state index in [0.717, 1.165) is 5.82 Å². The molecule has 3 aliphatic heterocycles. The monoisotopic (exact) mass is 525 g/mol. The minimum absolute atomic E-state index is 0.0364. The van der Waals surface area contributed by atoms with Crippen LogP contribution in [0.3, 0.4) is 0 Å². The second-order valence-corrected chi connectivity index (χ2v) is 12.1. The fourth-order valence-corrected chi connectivity index (χ4v) is 5.79. The van der Waals surface area contributed by atoms with Gasteiger partial charge in [-0.15, -0.1) is 0 Å². The summed E-state index contributed by atoms with van der Waals surface area (Å²) >= 11 is 7.61. The summed E-state index contributed by atoms with van der Waals surface area (Å²) in [6.07, 6.45) is 1.93. The minimum Gasteiger partial charge on any atom is -0.353 e. The Morgan fingerprint density at radius 1 is 1.11 bits per heavy atom. The van der Waals surface area contributed by atoms with Crippen LogP contribution in [0.1, 0.15) is 47.0 Å². The predicted octanol–water partition coefficient (Wildman–Crippen LogP) is 3.06. The number of likely N-dealkylation sites (tertiary alicyclic amines) is 1. The van der Waals surface area contributed by atoms with Crippen molar-refractivity contribution in [3.05, 3.63) is 11.2 Å². The fourth-order valence-electron chi connectivity index (χ4n) is 4.80. The first-order valence-electron chi connectivity index (χ1n) is 12.3. The summed E-state index contributed by atoms with van der Waals surface area (Å²) in [5.41, 5.74) is -0.0364. The summed E-state index contributed by atoms with van der Waals surface area (Å²) in [5.74, 6) is 0.723. The van der Waals surface area contributed by atoms with E-state index in [1.807, 2.05) is 9.80 Å². The largest absolute Gasteiger partial charge is 0.353 e. The van der Waals surface area contributed by atoms with E-state index in [0.29, 0.717) is 75.5 Å². The highest BCUT2D eigenvalue weighted by molar-refractivity contribution is 7.99. The van der Waals surface area contributed by atoms with Gasteiger partial charge in [-0.1, -0.05) is 44.1 Å². The Hall–Kier alpha value is -1.62. The molecule has 3 aliphatic rings. The zero-order valence-electron chi connectivity index (χ0n) is 21.1. The van der Waals surface area contributed by atoms with Crippen molar-refractivity contribution in [1.82, 2.24) is 19.8 Å². The van der Waals surface area contributed by atoms with Crippen molar-refractivity contribution in [2.45, 2.75) is 63.9 Å². The number of halogens is 1. The Bertz CT molecular complexity index is 927. The zero-order valence-corrected chi connectivity index (χ0v) is 22.7. The molecule has 3 saturated heterocycles. The van der Waals surface area contributed by atoms with Crippen molar-refractivity contribution in [2.75, 3.05) is 56.6 Å². The molecular formula is C24H36ClN5O4S. The van der Waals surface area contributed by atoms with Crippen LogP contribution in [0.4, 0.5) is 5.82 Å². The van der Waals surface area contributed by atoms with E-state index in [9.17, 15) is 9.59 Å². The lowest BCUT2D eigenvalue weighted by molar-refractivity contribution is -0.186. The first kappa shape index (κ1) is 26.4. The molecule has 35 heavy (non-hydrogen) atoms. The number of hydrogen-bond acceptors (Lipinski definition) is 8. The molecule has 9 nitrogen and oxygen atoms in total. The lowest BCUT2D eigenvalue weighted by Crippen LogP contribution is -2.54. The summed E-state index contributed by atoms with van der Waals surface area (Å²) < 4.78 is 11.5. The van der Waals surface area contributed by atoms with Crippen LogP contribution in [-0.2, 0) is 19.1 Å². The second-order valence-electron chi connectivity index (χ2n) is 10.7. The number of carbonyl (C=O) groups is 2. The molecule has 0 radical (unpaired) electrons. The standard InChI is InChI=1S/C24H36ClN5O4S/c1-17-15-29(9-10-30(17)20(31)14-23(2,3)4)19-13-18(25)26-22(27-19)35-16-21(32)28-7-5-24(6-8-28)33-11-12-34-24/h13,17H,5-12,14-16H2,1-4H3. The van der Waals surface area contributed by atoms with Gasteiger partial charge in [0.25, 0.3) is 0 Å². The van der Waals surface area contributed by atoms with Gasteiger partial charge in [0.2, 0.25) is 11.8 Å². The molecule has 1 unspecified atom stereocenters. The molecule has 0 aliphatic carbocycles. The number of hydrogen-bond donors (Lipinski definition) is 0. The lowest BCUT2D eigenvalue weighted by atomic mass is 9.91. The number of amides is 2. The highest BCUT2D eigenvalue weighted by Gasteiger charge is 2.40. The first-order valence-corrected chi connectivity index (χ1v) is 13.7. The van der Waals surface area contributed by atoms with E-state index in [1.165, 1.54) is 11.8 Å². The van der Waals surface area contributed by atoms with Crippen molar-refractivity contribution < 1.29 is 19.1 Å². The average molecular weight is 526 g/mol. The van der Waals surface area contributed by atoms with Crippen molar-refractivity contribution in [1.29, 1.82) is 0 Å².